The molecule has 0 atom stereocenters. The molecule has 0 spiro atoms. The second-order valence-corrected chi connectivity index (χ2v) is 9.81. The number of nitrogens with one attached hydrogen (secondary N) is 2. The van der Waals surface area contributed by atoms with Gasteiger partial charge in [0.25, 0.3) is 5.91 Å². The van der Waals surface area contributed by atoms with E-state index in [0.29, 0.717) is 25.2 Å². The van der Waals surface area contributed by atoms with E-state index >= 15 is 0 Å². The summed E-state index contributed by atoms with van der Waals surface area (Å²) in [5, 5.41) is 2.93. The highest BCUT2D eigenvalue weighted by atomic mass is 32.2. The maximum atomic E-state index is 12.9. The van der Waals surface area contributed by atoms with Crippen LogP contribution in [0.25, 0.3) is 0 Å². The van der Waals surface area contributed by atoms with Crippen molar-refractivity contribution in [3.8, 4) is 0 Å². The van der Waals surface area contributed by atoms with Gasteiger partial charge in [-0.05, 0) is 47.9 Å². The van der Waals surface area contributed by atoms with Crippen molar-refractivity contribution in [1.82, 2.24) is 14.9 Å². The number of sulfone groups is 1. The van der Waals surface area contributed by atoms with Crippen LogP contribution in [0.1, 0.15) is 34.1 Å². The molecule has 1 aromatic heterocycles. The third kappa shape index (κ3) is 4.72. The van der Waals surface area contributed by atoms with Gasteiger partial charge in [0.2, 0.25) is 15.0 Å². The number of fused-ring (bicyclic) bond motifs is 1. The van der Waals surface area contributed by atoms with E-state index in [2.05, 4.69) is 15.3 Å². The molecule has 1 amide bonds. The molecule has 2 N–H and O–H groups in total. The zero-order valence-electron chi connectivity index (χ0n) is 17.6. The highest BCUT2D eigenvalue weighted by Crippen LogP contribution is 2.32. The van der Waals surface area contributed by atoms with E-state index in [1.165, 1.54) is 25.3 Å². The summed E-state index contributed by atoms with van der Waals surface area (Å²) < 4.78 is 62.3. The zero-order valence-corrected chi connectivity index (χ0v) is 18.4. The Morgan fingerprint density at radius 2 is 1.91 bits per heavy atom. The Kier molecular flexibility index (Phi) is 5.91. The molecule has 0 saturated carbocycles. The Balaban J connectivity index is 1.50. The SMILES string of the molecule is CCS(=O)(=O)c1nc(C(=O)N2CCc3c(cccc3Nc3ccc(C(F)(F)F)cc3)C2)c[nH]1. The number of aromatic amines is 1. The van der Waals surface area contributed by atoms with Crippen molar-refractivity contribution in [2.45, 2.75) is 31.2 Å². The number of rotatable bonds is 5. The summed E-state index contributed by atoms with van der Waals surface area (Å²) in [5.74, 6) is -0.504. The van der Waals surface area contributed by atoms with Crippen molar-refractivity contribution in [1.29, 1.82) is 0 Å². The normalized spacial score (nSPS) is 14.1. The number of H-pyrrole nitrogens is 1. The lowest BCUT2D eigenvalue weighted by Crippen LogP contribution is -2.36. The summed E-state index contributed by atoms with van der Waals surface area (Å²) in [6.07, 6.45) is -2.57. The molecule has 11 heteroatoms. The summed E-state index contributed by atoms with van der Waals surface area (Å²) >= 11 is 0. The van der Waals surface area contributed by atoms with Crippen LogP contribution in [0.4, 0.5) is 24.5 Å². The van der Waals surface area contributed by atoms with Gasteiger partial charge in [-0.25, -0.2) is 13.4 Å². The molecule has 0 fully saturated rings. The molecule has 33 heavy (non-hydrogen) atoms. The second kappa shape index (κ2) is 8.54. The second-order valence-electron chi connectivity index (χ2n) is 7.61. The number of aromatic nitrogens is 2. The van der Waals surface area contributed by atoms with Crippen LogP contribution in [-0.2, 0) is 29.0 Å². The lowest BCUT2D eigenvalue weighted by molar-refractivity contribution is -0.137. The van der Waals surface area contributed by atoms with E-state index in [-0.39, 0.29) is 22.5 Å². The van der Waals surface area contributed by atoms with Gasteiger partial charge in [-0.1, -0.05) is 19.1 Å². The van der Waals surface area contributed by atoms with Crippen molar-refractivity contribution < 1.29 is 26.4 Å². The van der Waals surface area contributed by atoms with Crippen LogP contribution in [0.5, 0.6) is 0 Å². The minimum atomic E-state index is -4.39. The summed E-state index contributed by atoms with van der Waals surface area (Å²) in [4.78, 5) is 21.0. The maximum absolute atomic E-state index is 12.9. The Bertz CT molecular complexity index is 1280. The first-order valence-electron chi connectivity index (χ1n) is 10.2. The lowest BCUT2D eigenvalue weighted by Gasteiger charge is -2.30. The van der Waals surface area contributed by atoms with Crippen molar-refractivity contribution in [3.63, 3.8) is 0 Å². The van der Waals surface area contributed by atoms with E-state index in [0.717, 1.165) is 28.9 Å². The van der Waals surface area contributed by atoms with Gasteiger partial charge < -0.3 is 15.2 Å². The van der Waals surface area contributed by atoms with Crippen LogP contribution in [0.2, 0.25) is 0 Å². The van der Waals surface area contributed by atoms with E-state index in [1.54, 1.807) is 11.0 Å². The summed E-state index contributed by atoms with van der Waals surface area (Å²) in [6, 6.07) is 10.3. The molecule has 1 aliphatic rings. The summed E-state index contributed by atoms with van der Waals surface area (Å²) in [6.45, 7) is 2.19. The van der Waals surface area contributed by atoms with Crippen molar-refractivity contribution in [3.05, 3.63) is 71.0 Å². The number of alkyl halides is 3. The predicted molar refractivity (Wildman–Crippen MR) is 116 cm³/mol. The molecule has 4 rings (SSSR count). The molecule has 0 unspecified atom stereocenters. The third-order valence-corrected chi connectivity index (χ3v) is 7.05. The Morgan fingerprint density at radius 1 is 1.18 bits per heavy atom. The summed E-state index contributed by atoms with van der Waals surface area (Å²) in [5.41, 5.74) is 2.46. The Morgan fingerprint density at radius 3 is 2.58 bits per heavy atom. The fraction of sp³-hybridized carbons (Fsp3) is 0.273. The van der Waals surface area contributed by atoms with Gasteiger partial charge in [-0.3, -0.25) is 4.79 Å². The first kappa shape index (κ1) is 22.8. The first-order chi connectivity index (χ1) is 15.6. The largest absolute Gasteiger partial charge is 0.416 e. The lowest BCUT2D eigenvalue weighted by atomic mass is 9.97. The van der Waals surface area contributed by atoms with E-state index < -0.39 is 21.6 Å². The highest BCUT2D eigenvalue weighted by molar-refractivity contribution is 7.91. The number of amides is 1. The van der Waals surface area contributed by atoms with E-state index in [9.17, 15) is 26.4 Å². The molecular formula is C22H21F3N4O3S. The fourth-order valence-corrected chi connectivity index (χ4v) is 4.42. The molecule has 1 aliphatic heterocycles. The predicted octanol–water partition coefficient (Wildman–Crippen LogP) is 4.16. The van der Waals surface area contributed by atoms with E-state index in [4.69, 9.17) is 0 Å². The molecule has 174 valence electrons. The monoisotopic (exact) mass is 478 g/mol. The van der Waals surface area contributed by atoms with Crippen LogP contribution in [-0.4, -0.2) is 41.5 Å². The number of carbonyl (C=O) groups excluding carboxylic acids is 1. The molecule has 7 nitrogen and oxygen atoms in total. The maximum Gasteiger partial charge on any atom is 0.416 e. The molecule has 3 aromatic rings. The highest BCUT2D eigenvalue weighted by Gasteiger charge is 2.30. The minimum absolute atomic E-state index is 0.0320. The van der Waals surface area contributed by atoms with Crippen molar-refractivity contribution >= 4 is 27.1 Å². The van der Waals surface area contributed by atoms with Gasteiger partial charge in [0.1, 0.15) is 5.69 Å². The summed E-state index contributed by atoms with van der Waals surface area (Å²) in [7, 11) is -3.54. The number of nitrogens with zero attached hydrogens (tertiary/aromatic N) is 2. The third-order valence-electron chi connectivity index (χ3n) is 5.49. The first-order valence-corrected chi connectivity index (χ1v) is 11.9. The molecule has 0 saturated heterocycles. The number of imidazole rings is 1. The topological polar surface area (TPSA) is 95.2 Å². The van der Waals surface area contributed by atoms with Gasteiger partial charge in [0.15, 0.2) is 0 Å². The van der Waals surface area contributed by atoms with Gasteiger partial charge in [0.05, 0.1) is 11.3 Å². The number of carbonyl (C=O) groups is 1. The average molecular weight is 478 g/mol. The number of anilines is 2. The van der Waals surface area contributed by atoms with Crippen molar-refractivity contribution in [2.24, 2.45) is 0 Å². The van der Waals surface area contributed by atoms with Crippen LogP contribution < -0.4 is 5.32 Å². The molecule has 2 aromatic carbocycles. The van der Waals surface area contributed by atoms with Crippen LogP contribution in [0.15, 0.2) is 53.8 Å². The standard InChI is InChI=1S/C22H21F3N4O3S/c1-2-33(31,32)21-26-12-19(28-21)20(30)29-11-10-17-14(13-29)4-3-5-18(17)27-16-8-6-15(7-9-16)22(23,24)25/h3-9,12,27H,2,10-11,13H2,1H3,(H,26,28). The average Bonchev–Trinajstić information content (AvgIpc) is 3.29. The zero-order chi connectivity index (χ0) is 23.8. The number of hydrogen-bond donors (Lipinski definition) is 2. The van der Waals surface area contributed by atoms with Gasteiger partial charge in [-0.15, -0.1) is 0 Å². The van der Waals surface area contributed by atoms with Crippen molar-refractivity contribution in [2.75, 3.05) is 17.6 Å². The molecule has 2 heterocycles. The van der Waals surface area contributed by atoms with Gasteiger partial charge >= 0.3 is 6.18 Å². The molecular weight excluding hydrogens is 457 g/mol. The smallest absolute Gasteiger partial charge is 0.355 e. The van der Waals surface area contributed by atoms with Crippen LogP contribution in [0, 0.1) is 0 Å². The Labute approximate surface area is 188 Å². The number of benzene rings is 2. The quantitative estimate of drug-likeness (QED) is 0.574. The minimum Gasteiger partial charge on any atom is -0.355 e. The number of halogens is 3. The molecule has 0 aliphatic carbocycles. The van der Waals surface area contributed by atoms with Crippen LogP contribution >= 0.6 is 0 Å². The molecule has 0 radical (unpaired) electrons. The van der Waals surface area contributed by atoms with Gasteiger partial charge in [-0.2, -0.15) is 13.2 Å². The molecule has 0 bridgehead atoms. The van der Waals surface area contributed by atoms with Crippen LogP contribution in [0.3, 0.4) is 0 Å². The fourth-order valence-electron chi connectivity index (χ4n) is 3.67. The van der Waals surface area contributed by atoms with Gasteiger partial charge in [0, 0.05) is 30.7 Å². The van der Waals surface area contributed by atoms with E-state index in [1.807, 2.05) is 12.1 Å². The number of hydrogen-bond acceptors (Lipinski definition) is 5. The Hall–Kier alpha value is -3.34.